The van der Waals surface area contributed by atoms with Crippen molar-refractivity contribution in [3.63, 3.8) is 0 Å². The van der Waals surface area contributed by atoms with Crippen LogP contribution in [0.4, 0.5) is 0 Å². The number of nitrogens with zero attached hydrogens (tertiary/aromatic N) is 3. The highest BCUT2D eigenvalue weighted by molar-refractivity contribution is 7.89. The molecule has 0 radical (unpaired) electrons. The summed E-state index contributed by atoms with van der Waals surface area (Å²) < 4.78 is 45.7. The van der Waals surface area contributed by atoms with E-state index in [2.05, 4.69) is 15.6 Å². The van der Waals surface area contributed by atoms with Gasteiger partial charge in [-0.15, -0.1) is 0 Å². The van der Waals surface area contributed by atoms with Crippen molar-refractivity contribution in [2.24, 2.45) is 0 Å². The molecule has 4 rings (SSSR count). The summed E-state index contributed by atoms with van der Waals surface area (Å²) in [6, 6.07) is 4.40. The van der Waals surface area contributed by atoms with Gasteiger partial charge in [0, 0.05) is 38.1 Å². The van der Waals surface area contributed by atoms with E-state index in [1.54, 1.807) is 24.8 Å². The molecule has 1 aromatic heterocycles. The lowest BCUT2D eigenvalue weighted by molar-refractivity contribution is -0.139. The molecule has 13 heteroatoms. The van der Waals surface area contributed by atoms with Gasteiger partial charge in [-0.3, -0.25) is 9.59 Å². The second-order valence-corrected chi connectivity index (χ2v) is 9.26. The number of hydrogen-bond donors (Lipinski definition) is 2. The van der Waals surface area contributed by atoms with Crippen LogP contribution in [-0.2, 0) is 30.9 Å². The number of aryl methyl sites for hydroxylation is 1. The van der Waals surface area contributed by atoms with Gasteiger partial charge in [0.2, 0.25) is 10.0 Å². The summed E-state index contributed by atoms with van der Waals surface area (Å²) in [5, 5.41) is 4.97. The Kier molecular flexibility index (Phi) is 7.11. The van der Waals surface area contributed by atoms with Crippen molar-refractivity contribution in [3.05, 3.63) is 36.9 Å². The number of benzene rings is 1. The minimum atomic E-state index is -3.92. The summed E-state index contributed by atoms with van der Waals surface area (Å²) in [6.45, 7) is 1.84. The number of rotatable bonds is 8. The van der Waals surface area contributed by atoms with E-state index < -0.39 is 28.1 Å². The molecule has 0 spiro atoms. The fourth-order valence-corrected chi connectivity index (χ4v) is 5.01. The summed E-state index contributed by atoms with van der Waals surface area (Å²) in [7, 11) is -3.92. The van der Waals surface area contributed by atoms with E-state index in [4.69, 9.17) is 14.2 Å². The molecule has 178 valence electrons. The first-order chi connectivity index (χ1) is 15.9. The quantitative estimate of drug-likeness (QED) is 0.375. The minimum absolute atomic E-state index is 0.0317. The third kappa shape index (κ3) is 5.43. The van der Waals surface area contributed by atoms with Crippen LogP contribution >= 0.6 is 0 Å². The first-order valence-corrected chi connectivity index (χ1v) is 11.9. The van der Waals surface area contributed by atoms with Crippen molar-refractivity contribution in [1.82, 2.24) is 24.5 Å². The molecule has 12 nitrogen and oxygen atoms in total. The molecule has 3 heterocycles. The molecule has 2 amide bonds. The fraction of sp³-hybridized carbons (Fsp3) is 0.450. The maximum absolute atomic E-state index is 13.1. The van der Waals surface area contributed by atoms with Crippen molar-refractivity contribution in [2.75, 3.05) is 39.5 Å². The lowest BCUT2D eigenvalue weighted by Crippen LogP contribution is -2.47. The van der Waals surface area contributed by atoms with Gasteiger partial charge in [-0.05, 0) is 18.6 Å². The van der Waals surface area contributed by atoms with E-state index in [9.17, 15) is 18.0 Å². The Morgan fingerprint density at radius 3 is 2.67 bits per heavy atom. The number of carbonyl (C=O) groups is 2. The zero-order chi connectivity index (χ0) is 23.3. The summed E-state index contributed by atoms with van der Waals surface area (Å²) >= 11 is 0. The van der Waals surface area contributed by atoms with Crippen LogP contribution in [0.1, 0.15) is 6.42 Å². The maximum Gasteiger partial charge on any atom is 0.309 e. The fourth-order valence-electron chi connectivity index (χ4n) is 3.48. The second kappa shape index (κ2) is 10.2. The topological polar surface area (TPSA) is 141 Å². The summed E-state index contributed by atoms with van der Waals surface area (Å²) in [5.41, 5.74) is 0. The highest BCUT2D eigenvalue weighted by Crippen LogP contribution is 2.34. The molecule has 1 aromatic carbocycles. The number of hydrogen-bond acceptors (Lipinski definition) is 8. The van der Waals surface area contributed by atoms with Crippen LogP contribution < -0.4 is 20.1 Å². The number of sulfonamides is 1. The normalized spacial score (nSPS) is 18.1. The zero-order valence-electron chi connectivity index (χ0n) is 17.8. The SMILES string of the molecule is O=C(NCCCn1ccnc1)C(=O)NC[C@@H]1OCCN1S(=O)(=O)c1ccc2c(c1)OCCO2. The molecule has 2 aliphatic rings. The molecule has 1 fully saturated rings. The van der Waals surface area contributed by atoms with Crippen molar-refractivity contribution in [1.29, 1.82) is 0 Å². The molecule has 0 bridgehead atoms. The van der Waals surface area contributed by atoms with Gasteiger partial charge in [0.05, 0.1) is 24.4 Å². The average molecular weight is 480 g/mol. The van der Waals surface area contributed by atoms with Crippen molar-refractivity contribution in [3.8, 4) is 11.5 Å². The van der Waals surface area contributed by atoms with E-state index in [-0.39, 0.29) is 24.6 Å². The van der Waals surface area contributed by atoms with Crippen LogP contribution in [0.15, 0.2) is 41.8 Å². The first-order valence-electron chi connectivity index (χ1n) is 10.5. The predicted molar refractivity (Wildman–Crippen MR) is 114 cm³/mol. The number of carbonyl (C=O) groups excluding carboxylic acids is 2. The smallest absolute Gasteiger partial charge is 0.309 e. The molecule has 2 N–H and O–H groups in total. The molecule has 0 unspecified atom stereocenters. The van der Waals surface area contributed by atoms with Gasteiger partial charge in [0.25, 0.3) is 0 Å². The van der Waals surface area contributed by atoms with Gasteiger partial charge in [-0.25, -0.2) is 13.4 Å². The molecule has 2 aromatic rings. The first kappa shape index (κ1) is 23.0. The number of ether oxygens (including phenoxy) is 3. The Labute approximate surface area is 190 Å². The van der Waals surface area contributed by atoms with E-state index >= 15 is 0 Å². The Hall–Kier alpha value is -3.16. The van der Waals surface area contributed by atoms with Crippen LogP contribution in [0.3, 0.4) is 0 Å². The largest absolute Gasteiger partial charge is 0.486 e. The highest BCUT2D eigenvalue weighted by atomic mass is 32.2. The second-order valence-electron chi connectivity index (χ2n) is 7.37. The van der Waals surface area contributed by atoms with Gasteiger partial charge in [0.15, 0.2) is 11.5 Å². The molecule has 33 heavy (non-hydrogen) atoms. The standard InChI is InChI=1S/C20H25N5O7S/c26-19(22-4-1-6-24-7-5-21-14-24)20(27)23-13-18-25(8-9-32-18)33(28,29)15-2-3-16-17(12-15)31-11-10-30-16/h2-3,5,7,12,14,18H,1,4,6,8-11,13H2,(H,22,26)(H,23,27)/t18-/m0/s1. The molecule has 2 aliphatic heterocycles. The van der Waals surface area contributed by atoms with Gasteiger partial charge >= 0.3 is 11.8 Å². The Bertz CT molecular complexity index is 1090. The zero-order valence-corrected chi connectivity index (χ0v) is 18.6. The molecule has 1 saturated heterocycles. The Morgan fingerprint density at radius 2 is 1.88 bits per heavy atom. The van der Waals surface area contributed by atoms with Crippen LogP contribution in [0.2, 0.25) is 0 Å². The highest BCUT2D eigenvalue weighted by Gasteiger charge is 2.37. The number of fused-ring (bicyclic) bond motifs is 1. The lowest BCUT2D eigenvalue weighted by atomic mass is 10.3. The Balaban J connectivity index is 1.29. The summed E-state index contributed by atoms with van der Waals surface area (Å²) in [4.78, 5) is 28.1. The molecule has 0 saturated carbocycles. The monoisotopic (exact) mass is 479 g/mol. The maximum atomic E-state index is 13.1. The van der Waals surface area contributed by atoms with Crippen molar-refractivity contribution < 1.29 is 32.2 Å². The average Bonchev–Trinajstić information content (AvgIpc) is 3.52. The minimum Gasteiger partial charge on any atom is -0.486 e. The molecular formula is C20H25N5O7S. The summed E-state index contributed by atoms with van der Waals surface area (Å²) in [6.07, 6.45) is 4.83. The van der Waals surface area contributed by atoms with E-state index in [0.717, 1.165) is 4.31 Å². The number of amides is 2. The lowest BCUT2D eigenvalue weighted by Gasteiger charge is -2.24. The molecule has 1 atom stereocenters. The molecule has 0 aliphatic carbocycles. The number of nitrogens with one attached hydrogen (secondary N) is 2. The Morgan fingerprint density at radius 1 is 1.09 bits per heavy atom. The van der Waals surface area contributed by atoms with Crippen LogP contribution in [0.5, 0.6) is 11.5 Å². The van der Waals surface area contributed by atoms with Crippen LogP contribution in [-0.4, -0.2) is 79.8 Å². The van der Waals surface area contributed by atoms with E-state index in [1.165, 1.54) is 12.1 Å². The van der Waals surface area contributed by atoms with Crippen molar-refractivity contribution in [2.45, 2.75) is 24.1 Å². The van der Waals surface area contributed by atoms with Gasteiger partial charge in [0.1, 0.15) is 19.4 Å². The van der Waals surface area contributed by atoms with Crippen molar-refractivity contribution >= 4 is 21.8 Å². The third-order valence-corrected chi connectivity index (χ3v) is 7.03. The molecular weight excluding hydrogens is 454 g/mol. The van der Waals surface area contributed by atoms with Crippen LogP contribution in [0, 0.1) is 0 Å². The van der Waals surface area contributed by atoms with Gasteiger partial charge < -0.3 is 29.4 Å². The van der Waals surface area contributed by atoms with Gasteiger partial charge in [-0.2, -0.15) is 4.31 Å². The van der Waals surface area contributed by atoms with Crippen LogP contribution in [0.25, 0.3) is 0 Å². The van der Waals surface area contributed by atoms with Gasteiger partial charge in [-0.1, -0.05) is 0 Å². The number of aromatic nitrogens is 2. The number of imidazole rings is 1. The van der Waals surface area contributed by atoms with E-state index in [0.29, 0.717) is 44.2 Å². The predicted octanol–water partition coefficient (Wildman–Crippen LogP) is -0.676. The third-order valence-electron chi connectivity index (χ3n) is 5.14. The van der Waals surface area contributed by atoms with E-state index in [1.807, 2.05) is 4.57 Å². The summed E-state index contributed by atoms with van der Waals surface area (Å²) in [5.74, 6) is -0.806.